The van der Waals surface area contributed by atoms with Gasteiger partial charge in [-0.05, 0) is 25.1 Å². The molecule has 0 fully saturated rings. The molecule has 0 saturated heterocycles. The van der Waals surface area contributed by atoms with Crippen molar-refractivity contribution in [3.8, 4) is 11.1 Å². The van der Waals surface area contributed by atoms with E-state index in [9.17, 15) is 9.59 Å². The zero-order valence-electron chi connectivity index (χ0n) is 14.9. The predicted octanol–water partition coefficient (Wildman–Crippen LogP) is 4.29. The highest BCUT2D eigenvalue weighted by atomic mass is 16.3. The van der Waals surface area contributed by atoms with E-state index in [2.05, 4.69) is 10.4 Å². The topological polar surface area (TPSA) is 77.1 Å². The minimum atomic E-state index is -0.298. The Bertz CT molecular complexity index is 1170. The fourth-order valence-corrected chi connectivity index (χ4v) is 3.03. The number of fused-ring (bicyclic) bond motifs is 1. The number of rotatable bonds is 4. The van der Waals surface area contributed by atoms with Crippen molar-refractivity contribution < 1.29 is 14.0 Å². The molecule has 0 atom stereocenters. The van der Waals surface area contributed by atoms with E-state index in [0.717, 1.165) is 16.5 Å². The molecule has 6 heteroatoms. The van der Waals surface area contributed by atoms with Crippen LogP contribution in [0.25, 0.3) is 22.1 Å². The third-order valence-electron chi connectivity index (χ3n) is 4.39. The van der Waals surface area contributed by atoms with Crippen LogP contribution in [0.5, 0.6) is 0 Å². The largest absolute Gasteiger partial charge is 0.463 e. The number of aromatic nitrogens is 2. The van der Waals surface area contributed by atoms with Gasteiger partial charge in [-0.3, -0.25) is 14.3 Å². The molecule has 6 nitrogen and oxygen atoms in total. The molecule has 0 aliphatic carbocycles. The van der Waals surface area contributed by atoms with Gasteiger partial charge in [0.25, 0.3) is 5.91 Å². The molecule has 1 N–H and O–H groups in total. The molecule has 0 aliphatic heterocycles. The molecule has 0 saturated carbocycles. The van der Waals surface area contributed by atoms with Crippen molar-refractivity contribution in [1.29, 1.82) is 0 Å². The van der Waals surface area contributed by atoms with Gasteiger partial charge in [0.15, 0.2) is 5.78 Å². The molecule has 0 unspecified atom stereocenters. The van der Waals surface area contributed by atoms with E-state index in [1.807, 2.05) is 25.4 Å². The Morgan fingerprint density at radius 2 is 1.96 bits per heavy atom. The molecule has 2 aromatic heterocycles. The highest BCUT2D eigenvalue weighted by Gasteiger charge is 2.17. The fourth-order valence-electron chi connectivity index (χ4n) is 3.03. The smallest absolute Gasteiger partial charge is 0.259 e. The Labute approximate surface area is 155 Å². The van der Waals surface area contributed by atoms with E-state index in [1.165, 1.54) is 6.92 Å². The minimum Gasteiger partial charge on any atom is -0.463 e. The zero-order chi connectivity index (χ0) is 19.0. The van der Waals surface area contributed by atoms with Gasteiger partial charge in [-0.1, -0.05) is 24.3 Å². The summed E-state index contributed by atoms with van der Waals surface area (Å²) in [4.78, 5) is 24.3. The minimum absolute atomic E-state index is 0.0552. The van der Waals surface area contributed by atoms with Crippen molar-refractivity contribution in [3.05, 3.63) is 72.2 Å². The fraction of sp³-hybridized carbons (Fsp3) is 0.0952. The SMILES string of the molecule is CC(=O)c1cccc(NC(=O)c2cccc3c(-c4cnn(C)c4)coc23)c1. The number of hydrogen-bond acceptors (Lipinski definition) is 4. The van der Waals surface area contributed by atoms with E-state index in [-0.39, 0.29) is 11.7 Å². The maximum Gasteiger partial charge on any atom is 0.259 e. The molecule has 4 rings (SSSR count). The Morgan fingerprint density at radius 3 is 2.70 bits per heavy atom. The van der Waals surface area contributed by atoms with Crippen molar-refractivity contribution >= 4 is 28.3 Å². The summed E-state index contributed by atoms with van der Waals surface area (Å²) in [5, 5.41) is 7.86. The van der Waals surface area contributed by atoms with Gasteiger partial charge in [0, 0.05) is 41.0 Å². The Morgan fingerprint density at radius 1 is 1.15 bits per heavy atom. The molecule has 27 heavy (non-hydrogen) atoms. The molecule has 2 aromatic carbocycles. The number of carbonyl (C=O) groups excluding carboxylic acids is 2. The molecule has 4 aromatic rings. The predicted molar refractivity (Wildman–Crippen MR) is 103 cm³/mol. The van der Waals surface area contributed by atoms with Gasteiger partial charge in [0.2, 0.25) is 0 Å². The lowest BCUT2D eigenvalue weighted by Crippen LogP contribution is -2.12. The summed E-state index contributed by atoms with van der Waals surface area (Å²) in [5.41, 5.74) is 3.84. The molecule has 0 spiro atoms. The quantitative estimate of drug-likeness (QED) is 0.552. The molecule has 1 amide bonds. The number of furan rings is 1. The van der Waals surface area contributed by atoms with Crippen LogP contribution in [0.15, 0.2) is 65.5 Å². The van der Waals surface area contributed by atoms with Gasteiger partial charge in [0.05, 0.1) is 18.0 Å². The van der Waals surface area contributed by atoms with Crippen LogP contribution in [0.1, 0.15) is 27.6 Å². The lowest BCUT2D eigenvalue weighted by molar-refractivity contribution is 0.101. The normalized spacial score (nSPS) is 10.9. The third kappa shape index (κ3) is 3.13. The number of amides is 1. The summed E-state index contributed by atoms with van der Waals surface area (Å²) in [5.74, 6) is -0.353. The summed E-state index contributed by atoms with van der Waals surface area (Å²) in [6.07, 6.45) is 5.28. The maximum absolute atomic E-state index is 12.8. The Kier molecular flexibility index (Phi) is 4.08. The maximum atomic E-state index is 12.8. The summed E-state index contributed by atoms with van der Waals surface area (Å²) in [6.45, 7) is 1.49. The van der Waals surface area contributed by atoms with E-state index in [4.69, 9.17) is 4.42 Å². The lowest BCUT2D eigenvalue weighted by atomic mass is 10.1. The first-order chi connectivity index (χ1) is 13.0. The number of hydrogen-bond donors (Lipinski definition) is 1. The van der Waals surface area contributed by atoms with Crippen LogP contribution in [-0.2, 0) is 7.05 Å². The lowest BCUT2D eigenvalue weighted by Gasteiger charge is -2.07. The first-order valence-electron chi connectivity index (χ1n) is 8.44. The van der Waals surface area contributed by atoms with Crippen LogP contribution in [-0.4, -0.2) is 21.5 Å². The second-order valence-electron chi connectivity index (χ2n) is 6.33. The van der Waals surface area contributed by atoms with Crippen molar-refractivity contribution in [1.82, 2.24) is 9.78 Å². The molecule has 0 aliphatic rings. The van der Waals surface area contributed by atoms with Crippen molar-refractivity contribution in [3.63, 3.8) is 0 Å². The van der Waals surface area contributed by atoms with Crippen LogP contribution in [0.3, 0.4) is 0 Å². The van der Waals surface area contributed by atoms with Crippen LogP contribution >= 0.6 is 0 Å². The standard InChI is InChI=1S/C21H17N3O3/c1-13(25)14-5-3-6-16(9-14)23-21(26)18-8-4-7-17-19(12-27-20(17)18)15-10-22-24(2)11-15/h3-12H,1-2H3,(H,23,26). The highest BCUT2D eigenvalue weighted by molar-refractivity contribution is 6.13. The van der Waals surface area contributed by atoms with E-state index in [0.29, 0.717) is 22.4 Å². The van der Waals surface area contributed by atoms with Crippen LogP contribution < -0.4 is 5.32 Å². The van der Waals surface area contributed by atoms with Gasteiger partial charge < -0.3 is 9.73 Å². The van der Waals surface area contributed by atoms with E-state index >= 15 is 0 Å². The average Bonchev–Trinajstić information content (AvgIpc) is 3.27. The molecular formula is C21H17N3O3. The molecule has 2 heterocycles. The second-order valence-corrected chi connectivity index (χ2v) is 6.33. The summed E-state index contributed by atoms with van der Waals surface area (Å²) >= 11 is 0. The number of para-hydroxylation sites is 1. The second kappa shape index (κ2) is 6.57. The summed E-state index contributed by atoms with van der Waals surface area (Å²) in [7, 11) is 1.85. The number of Topliss-reactive ketones (excluding diaryl/α,β-unsaturated/α-hetero) is 1. The highest BCUT2D eigenvalue weighted by Crippen LogP contribution is 2.32. The molecular weight excluding hydrogens is 342 g/mol. The van der Waals surface area contributed by atoms with Gasteiger partial charge in [-0.15, -0.1) is 0 Å². The van der Waals surface area contributed by atoms with E-state index < -0.39 is 0 Å². The third-order valence-corrected chi connectivity index (χ3v) is 4.39. The summed E-state index contributed by atoms with van der Waals surface area (Å²) in [6, 6.07) is 12.3. The van der Waals surface area contributed by atoms with Crippen LogP contribution in [0.2, 0.25) is 0 Å². The van der Waals surface area contributed by atoms with Crippen LogP contribution in [0, 0.1) is 0 Å². The van der Waals surface area contributed by atoms with Crippen molar-refractivity contribution in [2.24, 2.45) is 7.05 Å². The van der Waals surface area contributed by atoms with Crippen molar-refractivity contribution in [2.45, 2.75) is 6.92 Å². The number of aryl methyl sites for hydroxylation is 1. The first-order valence-corrected chi connectivity index (χ1v) is 8.44. The van der Waals surface area contributed by atoms with Gasteiger partial charge in [-0.2, -0.15) is 5.10 Å². The zero-order valence-corrected chi connectivity index (χ0v) is 14.9. The van der Waals surface area contributed by atoms with Crippen LogP contribution in [0.4, 0.5) is 5.69 Å². The van der Waals surface area contributed by atoms with Gasteiger partial charge in [-0.25, -0.2) is 0 Å². The summed E-state index contributed by atoms with van der Waals surface area (Å²) < 4.78 is 7.43. The number of nitrogens with zero attached hydrogens (tertiary/aromatic N) is 2. The molecule has 0 bridgehead atoms. The monoisotopic (exact) mass is 359 g/mol. The number of ketones is 1. The first kappa shape index (κ1) is 16.8. The average molecular weight is 359 g/mol. The number of carbonyl (C=O) groups is 2. The molecule has 134 valence electrons. The van der Waals surface area contributed by atoms with Crippen molar-refractivity contribution in [2.75, 3.05) is 5.32 Å². The molecule has 0 radical (unpaired) electrons. The van der Waals surface area contributed by atoms with E-state index in [1.54, 1.807) is 47.5 Å². The van der Waals surface area contributed by atoms with Gasteiger partial charge >= 0.3 is 0 Å². The Hall–Kier alpha value is -3.67. The number of benzene rings is 2. The Balaban J connectivity index is 1.69. The number of anilines is 1. The van der Waals surface area contributed by atoms with Gasteiger partial charge in [0.1, 0.15) is 5.58 Å². The number of nitrogens with one attached hydrogen (secondary N) is 1.